The van der Waals surface area contributed by atoms with Crippen LogP contribution in [0.1, 0.15) is 33.6 Å². The van der Waals surface area contributed by atoms with Gasteiger partial charge in [-0.2, -0.15) is 0 Å². The fraction of sp³-hybridized carbons (Fsp3) is 1.00. The van der Waals surface area contributed by atoms with Crippen LogP contribution in [0, 0.1) is 5.92 Å². The third-order valence-corrected chi connectivity index (χ3v) is 3.94. The molecule has 0 aromatic carbocycles. The van der Waals surface area contributed by atoms with Gasteiger partial charge in [0.15, 0.2) is 0 Å². The molecule has 1 N–H and O–H groups in total. The molecule has 2 aliphatic heterocycles. The Morgan fingerprint density at radius 1 is 1.44 bits per heavy atom. The lowest BCUT2D eigenvalue weighted by Gasteiger charge is -2.42. The SMILES string of the molecule is CC(C)N1CCCC(C2(C)NCCO2)C1.Cl. The highest BCUT2D eigenvalue weighted by Crippen LogP contribution is 2.30. The first-order chi connectivity index (χ1) is 7.12. The van der Waals surface area contributed by atoms with Crippen LogP contribution in [0.15, 0.2) is 0 Å². The highest BCUT2D eigenvalue weighted by atomic mass is 35.5. The Kier molecular flexibility index (Phi) is 5.05. The van der Waals surface area contributed by atoms with Gasteiger partial charge in [0, 0.05) is 25.0 Å². The van der Waals surface area contributed by atoms with Gasteiger partial charge in [-0.3, -0.25) is 5.32 Å². The average molecular weight is 249 g/mol. The number of likely N-dealkylation sites (tertiary alicyclic amines) is 1. The van der Waals surface area contributed by atoms with Gasteiger partial charge in [-0.05, 0) is 40.2 Å². The monoisotopic (exact) mass is 248 g/mol. The second-order valence-corrected chi connectivity index (χ2v) is 5.31. The number of piperidine rings is 1. The van der Waals surface area contributed by atoms with Gasteiger partial charge in [0.25, 0.3) is 0 Å². The molecule has 0 spiro atoms. The van der Waals surface area contributed by atoms with E-state index >= 15 is 0 Å². The normalized spacial score (nSPS) is 36.4. The predicted octanol–water partition coefficient (Wildman–Crippen LogP) is 1.86. The molecule has 16 heavy (non-hydrogen) atoms. The minimum absolute atomic E-state index is 0. The molecule has 2 unspecified atom stereocenters. The van der Waals surface area contributed by atoms with E-state index < -0.39 is 0 Å². The second kappa shape index (κ2) is 5.67. The Labute approximate surface area is 105 Å². The van der Waals surface area contributed by atoms with Crippen molar-refractivity contribution in [2.24, 2.45) is 5.92 Å². The molecule has 0 aromatic heterocycles. The first-order valence-electron chi connectivity index (χ1n) is 6.25. The zero-order valence-electron chi connectivity index (χ0n) is 10.7. The molecule has 96 valence electrons. The predicted molar refractivity (Wildman–Crippen MR) is 69.0 cm³/mol. The average Bonchev–Trinajstić information content (AvgIpc) is 2.67. The van der Waals surface area contributed by atoms with Gasteiger partial charge in [0.2, 0.25) is 0 Å². The van der Waals surface area contributed by atoms with Crippen LogP contribution in [0.4, 0.5) is 0 Å². The van der Waals surface area contributed by atoms with E-state index in [9.17, 15) is 0 Å². The largest absolute Gasteiger partial charge is 0.359 e. The summed E-state index contributed by atoms with van der Waals surface area (Å²) >= 11 is 0. The molecule has 2 fully saturated rings. The minimum atomic E-state index is -0.0619. The van der Waals surface area contributed by atoms with Gasteiger partial charge in [0.1, 0.15) is 5.72 Å². The Morgan fingerprint density at radius 3 is 2.75 bits per heavy atom. The van der Waals surface area contributed by atoms with Gasteiger partial charge in [0.05, 0.1) is 6.61 Å². The quantitative estimate of drug-likeness (QED) is 0.808. The van der Waals surface area contributed by atoms with Crippen molar-refractivity contribution in [2.45, 2.75) is 45.4 Å². The highest BCUT2D eigenvalue weighted by Gasteiger charge is 2.40. The molecule has 2 rings (SSSR count). The van der Waals surface area contributed by atoms with E-state index in [0.29, 0.717) is 12.0 Å². The maximum absolute atomic E-state index is 5.87. The van der Waals surface area contributed by atoms with Crippen molar-refractivity contribution in [3.05, 3.63) is 0 Å². The molecule has 0 bridgehead atoms. The number of hydrogen-bond donors (Lipinski definition) is 1. The van der Waals surface area contributed by atoms with Crippen LogP contribution in [0.5, 0.6) is 0 Å². The van der Waals surface area contributed by atoms with E-state index in [-0.39, 0.29) is 18.1 Å². The smallest absolute Gasteiger partial charge is 0.120 e. The molecule has 0 amide bonds. The first-order valence-corrected chi connectivity index (χ1v) is 6.25. The lowest BCUT2D eigenvalue weighted by Crippen LogP contribution is -2.53. The zero-order chi connectivity index (χ0) is 10.9. The number of halogens is 1. The molecule has 0 radical (unpaired) electrons. The maximum Gasteiger partial charge on any atom is 0.120 e. The molecule has 2 atom stereocenters. The number of ether oxygens (including phenoxy) is 1. The van der Waals surface area contributed by atoms with E-state index in [1.165, 1.54) is 25.9 Å². The van der Waals surface area contributed by atoms with Crippen molar-refractivity contribution < 1.29 is 4.74 Å². The van der Waals surface area contributed by atoms with Crippen LogP contribution in [0.3, 0.4) is 0 Å². The summed E-state index contributed by atoms with van der Waals surface area (Å²) in [6, 6.07) is 0.665. The summed E-state index contributed by atoms with van der Waals surface area (Å²) in [5, 5.41) is 3.51. The number of rotatable bonds is 2. The number of nitrogens with zero attached hydrogens (tertiary/aromatic N) is 1. The molecule has 0 aliphatic carbocycles. The summed E-state index contributed by atoms with van der Waals surface area (Å²) in [6.07, 6.45) is 2.61. The van der Waals surface area contributed by atoms with E-state index in [2.05, 4.69) is 31.0 Å². The Bertz CT molecular complexity index is 217. The molecule has 3 nitrogen and oxygen atoms in total. The summed E-state index contributed by atoms with van der Waals surface area (Å²) in [5.74, 6) is 0.649. The number of nitrogens with one attached hydrogen (secondary N) is 1. The molecular weight excluding hydrogens is 224 g/mol. The van der Waals surface area contributed by atoms with E-state index in [4.69, 9.17) is 4.74 Å². The second-order valence-electron chi connectivity index (χ2n) is 5.31. The van der Waals surface area contributed by atoms with Crippen LogP contribution in [0.2, 0.25) is 0 Å². The van der Waals surface area contributed by atoms with Crippen molar-refractivity contribution in [2.75, 3.05) is 26.2 Å². The zero-order valence-corrected chi connectivity index (χ0v) is 11.5. The van der Waals surface area contributed by atoms with Gasteiger partial charge >= 0.3 is 0 Å². The lowest BCUT2D eigenvalue weighted by molar-refractivity contribution is -0.0693. The molecule has 0 aromatic rings. The van der Waals surface area contributed by atoms with Crippen molar-refractivity contribution in [1.82, 2.24) is 10.2 Å². The van der Waals surface area contributed by atoms with Gasteiger partial charge in [-0.1, -0.05) is 0 Å². The Balaban J connectivity index is 0.00000128. The van der Waals surface area contributed by atoms with E-state index in [1.54, 1.807) is 0 Å². The molecule has 0 saturated carbocycles. The minimum Gasteiger partial charge on any atom is -0.359 e. The first kappa shape index (κ1) is 14.2. The Hall–Kier alpha value is 0.170. The summed E-state index contributed by atoms with van der Waals surface area (Å²) in [7, 11) is 0. The molecule has 4 heteroatoms. The lowest BCUT2D eigenvalue weighted by atomic mass is 9.88. The Morgan fingerprint density at radius 2 is 2.19 bits per heavy atom. The van der Waals surface area contributed by atoms with Gasteiger partial charge in [-0.25, -0.2) is 0 Å². The van der Waals surface area contributed by atoms with Crippen molar-refractivity contribution in [3.63, 3.8) is 0 Å². The van der Waals surface area contributed by atoms with Gasteiger partial charge < -0.3 is 9.64 Å². The maximum atomic E-state index is 5.87. The van der Waals surface area contributed by atoms with Crippen molar-refractivity contribution in [3.8, 4) is 0 Å². The standard InChI is InChI=1S/C12H24N2O.ClH/c1-10(2)14-7-4-5-11(9-14)12(3)13-6-8-15-12;/h10-11,13H,4-9H2,1-3H3;1H. The van der Waals surface area contributed by atoms with E-state index in [1.807, 2.05) is 0 Å². The fourth-order valence-corrected chi connectivity index (χ4v) is 2.80. The highest BCUT2D eigenvalue weighted by molar-refractivity contribution is 5.85. The topological polar surface area (TPSA) is 24.5 Å². The molecule has 2 heterocycles. The fourth-order valence-electron chi connectivity index (χ4n) is 2.80. The summed E-state index contributed by atoms with van der Waals surface area (Å²) < 4.78 is 5.87. The third kappa shape index (κ3) is 2.89. The number of hydrogen-bond acceptors (Lipinski definition) is 3. The summed E-state index contributed by atoms with van der Waals surface area (Å²) in [6.45, 7) is 11.1. The van der Waals surface area contributed by atoms with Gasteiger partial charge in [-0.15, -0.1) is 12.4 Å². The molecule has 2 saturated heterocycles. The van der Waals surface area contributed by atoms with Crippen LogP contribution in [-0.2, 0) is 4.74 Å². The van der Waals surface area contributed by atoms with E-state index in [0.717, 1.165) is 13.2 Å². The van der Waals surface area contributed by atoms with Crippen molar-refractivity contribution in [1.29, 1.82) is 0 Å². The van der Waals surface area contributed by atoms with Crippen LogP contribution < -0.4 is 5.32 Å². The van der Waals surface area contributed by atoms with Crippen molar-refractivity contribution >= 4 is 12.4 Å². The van der Waals surface area contributed by atoms with Crippen LogP contribution in [-0.4, -0.2) is 42.9 Å². The third-order valence-electron chi connectivity index (χ3n) is 3.94. The van der Waals surface area contributed by atoms with Crippen LogP contribution >= 0.6 is 12.4 Å². The van der Waals surface area contributed by atoms with Crippen LogP contribution in [0.25, 0.3) is 0 Å². The molecular formula is C12H25ClN2O. The summed E-state index contributed by atoms with van der Waals surface area (Å²) in [4.78, 5) is 2.57. The summed E-state index contributed by atoms with van der Waals surface area (Å²) in [5.41, 5.74) is -0.0619. The molecule has 2 aliphatic rings.